The molecule has 0 aliphatic carbocycles. The quantitative estimate of drug-likeness (QED) is 0.365. The highest BCUT2D eigenvalue weighted by Crippen LogP contribution is 2.35. The van der Waals surface area contributed by atoms with Crippen LogP contribution in [0.2, 0.25) is 13.1 Å². The van der Waals surface area contributed by atoms with Crippen molar-refractivity contribution in [2.45, 2.75) is 46.5 Å². The SMILES string of the molecule is C[SiH](C)OC(c1nccn1CC(=O)NN)C(C)(C)C. The van der Waals surface area contributed by atoms with Gasteiger partial charge in [-0.2, -0.15) is 0 Å². The Morgan fingerprint density at radius 1 is 1.58 bits per heavy atom. The molecule has 1 aromatic heterocycles. The zero-order valence-electron chi connectivity index (χ0n) is 12.3. The summed E-state index contributed by atoms with van der Waals surface area (Å²) < 4.78 is 7.89. The summed E-state index contributed by atoms with van der Waals surface area (Å²) in [6.45, 7) is 10.7. The summed E-state index contributed by atoms with van der Waals surface area (Å²) in [5.41, 5.74) is 2.05. The summed E-state index contributed by atoms with van der Waals surface area (Å²) in [5, 5.41) is 0. The third-order valence-corrected chi connectivity index (χ3v) is 3.47. The topological polar surface area (TPSA) is 82.2 Å². The molecule has 0 aliphatic heterocycles. The van der Waals surface area contributed by atoms with E-state index in [0.29, 0.717) is 0 Å². The normalized spacial score (nSPS) is 13.6. The summed E-state index contributed by atoms with van der Waals surface area (Å²) in [6, 6.07) is 0. The average molecular weight is 284 g/mol. The molecule has 108 valence electrons. The van der Waals surface area contributed by atoms with Gasteiger partial charge >= 0.3 is 0 Å². The highest BCUT2D eigenvalue weighted by Gasteiger charge is 2.31. The van der Waals surface area contributed by atoms with Gasteiger partial charge < -0.3 is 8.99 Å². The van der Waals surface area contributed by atoms with Crippen molar-refractivity contribution in [1.29, 1.82) is 0 Å². The van der Waals surface area contributed by atoms with Crippen molar-refractivity contribution >= 4 is 14.9 Å². The summed E-state index contributed by atoms with van der Waals surface area (Å²) >= 11 is 0. The molecule has 1 aromatic rings. The molecule has 0 aliphatic rings. The second-order valence-corrected chi connectivity index (χ2v) is 8.28. The van der Waals surface area contributed by atoms with Crippen LogP contribution >= 0.6 is 0 Å². The second-order valence-electron chi connectivity index (χ2n) is 5.91. The Balaban J connectivity index is 3.03. The van der Waals surface area contributed by atoms with E-state index in [9.17, 15) is 4.79 Å². The summed E-state index contributed by atoms with van der Waals surface area (Å²) in [5.74, 6) is 5.64. The van der Waals surface area contributed by atoms with Crippen LogP contribution in [0.1, 0.15) is 32.7 Å². The number of carbonyl (C=O) groups is 1. The number of amides is 1. The maximum Gasteiger partial charge on any atom is 0.253 e. The van der Waals surface area contributed by atoms with Crippen molar-refractivity contribution < 1.29 is 9.22 Å². The van der Waals surface area contributed by atoms with Gasteiger partial charge in [-0.3, -0.25) is 10.2 Å². The average Bonchev–Trinajstić information content (AvgIpc) is 2.71. The first-order chi connectivity index (χ1) is 8.75. The Morgan fingerprint density at radius 2 is 2.21 bits per heavy atom. The van der Waals surface area contributed by atoms with E-state index in [-0.39, 0.29) is 24.0 Å². The molecule has 1 unspecified atom stereocenters. The molecule has 1 rings (SSSR count). The zero-order valence-corrected chi connectivity index (χ0v) is 13.5. The fourth-order valence-electron chi connectivity index (χ4n) is 1.82. The molecule has 0 aromatic carbocycles. The van der Waals surface area contributed by atoms with E-state index in [2.05, 4.69) is 44.3 Å². The van der Waals surface area contributed by atoms with Gasteiger partial charge in [-0.25, -0.2) is 10.8 Å². The molecular weight excluding hydrogens is 260 g/mol. The van der Waals surface area contributed by atoms with E-state index in [1.54, 1.807) is 17.0 Å². The number of nitrogens with zero attached hydrogens (tertiary/aromatic N) is 2. The largest absolute Gasteiger partial charge is 0.410 e. The van der Waals surface area contributed by atoms with Crippen LogP contribution in [0.25, 0.3) is 0 Å². The third-order valence-electron chi connectivity index (χ3n) is 2.65. The van der Waals surface area contributed by atoms with E-state index in [1.165, 1.54) is 0 Å². The van der Waals surface area contributed by atoms with Gasteiger partial charge in [0.25, 0.3) is 5.91 Å². The Hall–Kier alpha value is -1.18. The molecule has 0 saturated carbocycles. The lowest BCUT2D eigenvalue weighted by atomic mass is 9.88. The minimum absolute atomic E-state index is 0.0838. The van der Waals surface area contributed by atoms with Crippen LogP contribution in [0.4, 0.5) is 0 Å². The van der Waals surface area contributed by atoms with Crippen molar-refractivity contribution in [3.63, 3.8) is 0 Å². The molecule has 0 saturated heterocycles. The molecule has 0 spiro atoms. The number of carbonyl (C=O) groups excluding carboxylic acids is 1. The van der Waals surface area contributed by atoms with Crippen molar-refractivity contribution in [3.05, 3.63) is 18.2 Å². The molecule has 0 radical (unpaired) electrons. The first kappa shape index (κ1) is 15.9. The molecule has 1 amide bonds. The van der Waals surface area contributed by atoms with E-state index in [0.717, 1.165) is 5.82 Å². The third kappa shape index (κ3) is 4.45. The zero-order chi connectivity index (χ0) is 14.6. The Kier molecular flexibility index (Phi) is 5.27. The highest BCUT2D eigenvalue weighted by molar-refractivity contribution is 6.48. The Bertz CT molecular complexity index is 426. The molecule has 1 atom stereocenters. The van der Waals surface area contributed by atoms with Crippen LogP contribution in [0.3, 0.4) is 0 Å². The fraction of sp³-hybridized carbons (Fsp3) is 0.667. The first-order valence-corrected chi connectivity index (χ1v) is 9.19. The number of aromatic nitrogens is 2. The van der Waals surface area contributed by atoms with Crippen LogP contribution in [0.15, 0.2) is 12.4 Å². The molecule has 0 fully saturated rings. The molecule has 1 heterocycles. The van der Waals surface area contributed by atoms with Crippen LogP contribution < -0.4 is 11.3 Å². The number of nitrogens with one attached hydrogen (secondary N) is 1. The number of hydrogen-bond acceptors (Lipinski definition) is 4. The minimum atomic E-state index is -1.22. The van der Waals surface area contributed by atoms with E-state index < -0.39 is 9.04 Å². The molecular formula is C12H24N4O2Si. The standard InChI is InChI=1S/C12H24N4O2Si/c1-12(2,3)10(18-19(4)5)11-14-6-7-16(11)8-9(17)15-13/h6-7,10,19H,8,13H2,1-5H3,(H,15,17). The Morgan fingerprint density at radius 3 is 2.68 bits per heavy atom. The van der Waals surface area contributed by atoms with E-state index in [4.69, 9.17) is 10.3 Å². The van der Waals surface area contributed by atoms with Gasteiger partial charge in [-0.15, -0.1) is 0 Å². The van der Waals surface area contributed by atoms with Gasteiger partial charge in [0.1, 0.15) is 18.5 Å². The van der Waals surface area contributed by atoms with Gasteiger partial charge in [0.2, 0.25) is 0 Å². The predicted molar refractivity (Wildman–Crippen MR) is 76.7 cm³/mol. The number of nitrogens with two attached hydrogens (primary N) is 1. The maximum atomic E-state index is 11.4. The first-order valence-electron chi connectivity index (χ1n) is 6.41. The second kappa shape index (κ2) is 6.31. The molecule has 3 N–H and O–H groups in total. The minimum Gasteiger partial charge on any atom is -0.410 e. The summed E-state index contributed by atoms with van der Waals surface area (Å²) in [7, 11) is -1.22. The van der Waals surface area contributed by atoms with Gasteiger partial charge in [-0.05, 0) is 18.5 Å². The summed E-state index contributed by atoms with van der Waals surface area (Å²) in [6.07, 6.45) is 3.33. The lowest BCUT2D eigenvalue weighted by molar-refractivity contribution is -0.121. The molecule has 7 heteroatoms. The van der Waals surface area contributed by atoms with Crippen molar-refractivity contribution in [2.75, 3.05) is 0 Å². The molecule has 0 bridgehead atoms. The van der Waals surface area contributed by atoms with Gasteiger partial charge in [0.05, 0.1) is 0 Å². The summed E-state index contributed by atoms with van der Waals surface area (Å²) in [4.78, 5) is 15.8. The number of hydrazine groups is 1. The van der Waals surface area contributed by atoms with Gasteiger partial charge in [0, 0.05) is 12.4 Å². The van der Waals surface area contributed by atoms with Crippen LogP contribution in [0.5, 0.6) is 0 Å². The van der Waals surface area contributed by atoms with Crippen LogP contribution in [-0.2, 0) is 15.8 Å². The monoisotopic (exact) mass is 284 g/mol. The van der Waals surface area contributed by atoms with Crippen LogP contribution in [0, 0.1) is 5.41 Å². The lowest BCUT2D eigenvalue weighted by Gasteiger charge is -2.32. The predicted octanol–water partition coefficient (Wildman–Crippen LogP) is 0.960. The number of rotatable bonds is 5. The molecule has 19 heavy (non-hydrogen) atoms. The smallest absolute Gasteiger partial charge is 0.253 e. The fourth-order valence-corrected chi connectivity index (χ4v) is 2.89. The van der Waals surface area contributed by atoms with E-state index >= 15 is 0 Å². The number of imidazole rings is 1. The van der Waals surface area contributed by atoms with Crippen molar-refractivity contribution in [2.24, 2.45) is 11.3 Å². The Labute approximate surface area is 116 Å². The van der Waals surface area contributed by atoms with Gasteiger partial charge in [-0.1, -0.05) is 20.8 Å². The lowest BCUT2D eigenvalue weighted by Crippen LogP contribution is -2.35. The highest BCUT2D eigenvalue weighted by atomic mass is 28.3. The van der Waals surface area contributed by atoms with E-state index in [1.807, 2.05) is 0 Å². The van der Waals surface area contributed by atoms with Crippen molar-refractivity contribution in [1.82, 2.24) is 15.0 Å². The van der Waals surface area contributed by atoms with Crippen molar-refractivity contribution in [3.8, 4) is 0 Å². The number of hydrogen-bond donors (Lipinski definition) is 2. The maximum absolute atomic E-state index is 11.4. The van der Waals surface area contributed by atoms with Crippen LogP contribution in [-0.4, -0.2) is 24.5 Å². The molecule has 6 nitrogen and oxygen atoms in total. The van der Waals surface area contributed by atoms with Gasteiger partial charge in [0.15, 0.2) is 9.04 Å².